The number of aromatic hydroxyl groups is 2. The van der Waals surface area contributed by atoms with Crippen molar-refractivity contribution in [3.8, 4) is 11.5 Å². The first-order valence-corrected chi connectivity index (χ1v) is 7.97. The maximum atomic E-state index is 9.81. The van der Waals surface area contributed by atoms with E-state index in [1.807, 2.05) is 48.8 Å². The van der Waals surface area contributed by atoms with Gasteiger partial charge in [-0.1, -0.05) is 18.2 Å². The number of phenols is 2. The van der Waals surface area contributed by atoms with Gasteiger partial charge in [0.25, 0.3) is 0 Å². The highest BCUT2D eigenvalue weighted by Crippen LogP contribution is 2.41. The second kappa shape index (κ2) is 5.85. The molecule has 0 bridgehead atoms. The molecule has 0 amide bonds. The van der Waals surface area contributed by atoms with Crippen molar-refractivity contribution in [1.29, 1.82) is 0 Å². The van der Waals surface area contributed by atoms with Gasteiger partial charge in [-0.05, 0) is 82.6 Å². The van der Waals surface area contributed by atoms with E-state index in [4.69, 9.17) is 0 Å². The molecule has 0 saturated heterocycles. The van der Waals surface area contributed by atoms with Crippen LogP contribution in [0.4, 0.5) is 0 Å². The van der Waals surface area contributed by atoms with E-state index in [0.717, 1.165) is 40.7 Å². The molecule has 4 rings (SSSR count). The topological polar surface area (TPSA) is 53.4 Å². The molecule has 3 aromatic rings. The number of hydrogen-bond donors (Lipinski definition) is 2. The molecule has 1 aliphatic rings. The number of pyridine rings is 1. The van der Waals surface area contributed by atoms with Gasteiger partial charge in [-0.25, -0.2) is 0 Å². The summed E-state index contributed by atoms with van der Waals surface area (Å²) in [5, 5.41) is 19.4. The van der Waals surface area contributed by atoms with Crippen LogP contribution in [-0.2, 0) is 6.42 Å². The molecule has 1 heterocycles. The van der Waals surface area contributed by atoms with Crippen LogP contribution in [0.2, 0.25) is 0 Å². The number of fused-ring (bicyclic) bond motifs is 1. The molecule has 0 spiro atoms. The van der Waals surface area contributed by atoms with Crippen molar-refractivity contribution in [3.63, 3.8) is 0 Å². The summed E-state index contributed by atoms with van der Waals surface area (Å²) in [6.07, 6.45) is 5.41. The minimum atomic E-state index is 0.256. The molecule has 24 heavy (non-hydrogen) atoms. The van der Waals surface area contributed by atoms with Crippen LogP contribution in [0.25, 0.3) is 11.1 Å². The number of aromatic nitrogens is 1. The van der Waals surface area contributed by atoms with Crippen molar-refractivity contribution in [2.24, 2.45) is 0 Å². The van der Waals surface area contributed by atoms with Gasteiger partial charge < -0.3 is 10.2 Å². The van der Waals surface area contributed by atoms with Crippen molar-refractivity contribution in [3.05, 3.63) is 89.2 Å². The molecule has 0 radical (unpaired) electrons. The van der Waals surface area contributed by atoms with Crippen LogP contribution < -0.4 is 0 Å². The van der Waals surface area contributed by atoms with Gasteiger partial charge in [0.15, 0.2) is 0 Å². The lowest BCUT2D eigenvalue weighted by molar-refractivity contribution is 0.474. The Morgan fingerprint density at radius 3 is 2.17 bits per heavy atom. The Hall–Kier alpha value is -3.07. The number of allylic oxidation sites excluding steroid dienone is 1. The highest BCUT2D eigenvalue weighted by atomic mass is 16.3. The van der Waals surface area contributed by atoms with E-state index in [0.29, 0.717) is 5.75 Å². The van der Waals surface area contributed by atoms with Crippen molar-refractivity contribution in [2.45, 2.75) is 12.8 Å². The second-order valence-electron chi connectivity index (χ2n) is 5.98. The summed E-state index contributed by atoms with van der Waals surface area (Å²) in [4.78, 5) is 4.12. The van der Waals surface area contributed by atoms with Crippen LogP contribution >= 0.6 is 0 Å². The first kappa shape index (κ1) is 14.5. The van der Waals surface area contributed by atoms with E-state index in [-0.39, 0.29) is 5.75 Å². The summed E-state index contributed by atoms with van der Waals surface area (Å²) < 4.78 is 0. The van der Waals surface area contributed by atoms with Crippen LogP contribution in [0.1, 0.15) is 28.7 Å². The first-order valence-electron chi connectivity index (χ1n) is 7.97. The maximum absolute atomic E-state index is 9.81. The SMILES string of the molecule is Oc1ccc(C2=C(c3ccncc3)CCc3cc(O)ccc32)cc1. The third kappa shape index (κ3) is 2.54. The predicted molar refractivity (Wildman–Crippen MR) is 94.7 cm³/mol. The van der Waals surface area contributed by atoms with E-state index in [1.54, 1.807) is 18.2 Å². The van der Waals surface area contributed by atoms with Crippen molar-refractivity contribution in [1.82, 2.24) is 4.98 Å². The molecular weight excluding hydrogens is 298 g/mol. The molecule has 0 atom stereocenters. The Morgan fingerprint density at radius 1 is 0.708 bits per heavy atom. The lowest BCUT2D eigenvalue weighted by atomic mass is 9.80. The molecule has 0 unspecified atom stereocenters. The molecule has 3 heteroatoms. The number of nitrogens with zero attached hydrogens (tertiary/aromatic N) is 1. The van der Waals surface area contributed by atoms with Gasteiger partial charge >= 0.3 is 0 Å². The third-order valence-electron chi connectivity index (χ3n) is 4.49. The van der Waals surface area contributed by atoms with Crippen LogP contribution in [0.5, 0.6) is 11.5 Å². The van der Waals surface area contributed by atoms with Crippen LogP contribution in [0.15, 0.2) is 67.0 Å². The van der Waals surface area contributed by atoms with Crippen LogP contribution in [-0.4, -0.2) is 15.2 Å². The van der Waals surface area contributed by atoms with Gasteiger partial charge in [-0.2, -0.15) is 0 Å². The molecule has 2 N–H and O–H groups in total. The molecule has 0 saturated carbocycles. The molecular formula is C21H17NO2. The molecule has 1 aliphatic carbocycles. The summed E-state index contributed by atoms with van der Waals surface area (Å²) in [5.74, 6) is 0.553. The Bertz CT molecular complexity index is 912. The zero-order valence-electron chi connectivity index (χ0n) is 13.1. The summed E-state index contributed by atoms with van der Waals surface area (Å²) in [7, 11) is 0. The van der Waals surface area contributed by atoms with E-state index in [9.17, 15) is 10.2 Å². The van der Waals surface area contributed by atoms with E-state index in [1.165, 1.54) is 5.57 Å². The lowest BCUT2D eigenvalue weighted by Crippen LogP contribution is -2.06. The maximum Gasteiger partial charge on any atom is 0.115 e. The highest BCUT2D eigenvalue weighted by Gasteiger charge is 2.21. The largest absolute Gasteiger partial charge is 0.508 e. The van der Waals surface area contributed by atoms with E-state index >= 15 is 0 Å². The zero-order chi connectivity index (χ0) is 16.5. The lowest BCUT2D eigenvalue weighted by Gasteiger charge is -2.24. The van der Waals surface area contributed by atoms with Crippen molar-refractivity contribution >= 4 is 11.1 Å². The normalized spacial score (nSPS) is 13.7. The fraction of sp³-hybridized carbons (Fsp3) is 0.0952. The first-order chi connectivity index (χ1) is 11.7. The Kier molecular flexibility index (Phi) is 3.54. The smallest absolute Gasteiger partial charge is 0.115 e. The summed E-state index contributed by atoms with van der Waals surface area (Å²) >= 11 is 0. The zero-order valence-corrected chi connectivity index (χ0v) is 13.1. The average Bonchev–Trinajstić information content (AvgIpc) is 2.62. The highest BCUT2D eigenvalue weighted by molar-refractivity contribution is 6.00. The quantitative estimate of drug-likeness (QED) is 0.737. The standard InChI is InChI=1S/C21H17NO2/c23-17-4-1-15(2-5-17)21-19(14-9-11-22-12-10-14)7-3-16-13-18(24)6-8-20(16)21/h1-2,4-6,8-13,23-24H,3,7H2. The van der Waals surface area contributed by atoms with Gasteiger partial charge in [0.05, 0.1) is 0 Å². The second-order valence-corrected chi connectivity index (χ2v) is 5.98. The number of hydrogen-bond acceptors (Lipinski definition) is 3. The predicted octanol–water partition coefficient (Wildman–Crippen LogP) is 4.40. The Morgan fingerprint density at radius 2 is 1.42 bits per heavy atom. The van der Waals surface area contributed by atoms with Gasteiger partial charge in [-0.3, -0.25) is 4.98 Å². The molecule has 1 aromatic heterocycles. The van der Waals surface area contributed by atoms with E-state index < -0.39 is 0 Å². The van der Waals surface area contributed by atoms with Gasteiger partial charge in [0.1, 0.15) is 11.5 Å². The van der Waals surface area contributed by atoms with Crippen LogP contribution in [0, 0.1) is 0 Å². The monoisotopic (exact) mass is 315 g/mol. The van der Waals surface area contributed by atoms with Gasteiger partial charge in [0, 0.05) is 12.4 Å². The molecule has 0 aliphatic heterocycles. The Balaban J connectivity index is 1.98. The van der Waals surface area contributed by atoms with Gasteiger partial charge in [-0.15, -0.1) is 0 Å². The van der Waals surface area contributed by atoms with Crippen molar-refractivity contribution in [2.75, 3.05) is 0 Å². The summed E-state index contributed by atoms with van der Waals surface area (Å²) in [6.45, 7) is 0. The van der Waals surface area contributed by atoms with Crippen LogP contribution in [0.3, 0.4) is 0 Å². The van der Waals surface area contributed by atoms with Gasteiger partial charge in [0.2, 0.25) is 0 Å². The minimum Gasteiger partial charge on any atom is -0.508 e. The molecule has 0 fully saturated rings. The number of phenolic OH excluding ortho intramolecular Hbond substituents is 2. The van der Waals surface area contributed by atoms with Crippen molar-refractivity contribution < 1.29 is 10.2 Å². The molecule has 3 nitrogen and oxygen atoms in total. The molecule has 118 valence electrons. The minimum absolute atomic E-state index is 0.256. The number of rotatable bonds is 2. The summed E-state index contributed by atoms with van der Waals surface area (Å²) in [5.41, 5.74) is 6.93. The fourth-order valence-corrected chi connectivity index (χ4v) is 3.38. The number of aryl methyl sites for hydroxylation is 1. The average molecular weight is 315 g/mol. The third-order valence-corrected chi connectivity index (χ3v) is 4.49. The Labute approximate surface area is 140 Å². The molecule has 2 aromatic carbocycles. The number of benzene rings is 2. The van der Waals surface area contributed by atoms with E-state index in [2.05, 4.69) is 4.98 Å². The fourth-order valence-electron chi connectivity index (χ4n) is 3.38. The summed E-state index contributed by atoms with van der Waals surface area (Å²) in [6, 6.07) is 16.9.